The van der Waals surface area contributed by atoms with Crippen LogP contribution in [0.3, 0.4) is 0 Å². The third kappa shape index (κ3) is 3.55. The van der Waals surface area contributed by atoms with Crippen molar-refractivity contribution in [3.8, 4) is 17.2 Å². The molecule has 0 aliphatic rings. The topological polar surface area (TPSA) is 90.1 Å². The van der Waals surface area contributed by atoms with Crippen LogP contribution in [-0.2, 0) is 13.0 Å². The van der Waals surface area contributed by atoms with E-state index in [9.17, 15) is 0 Å². The molecule has 9 heteroatoms. The molecule has 4 heterocycles. The Bertz CT molecular complexity index is 1370. The number of aryl methyl sites for hydroxylation is 2. The van der Waals surface area contributed by atoms with Crippen LogP contribution in [0.4, 0.5) is 4.39 Å². The minimum atomic E-state index is -0.327. The van der Waals surface area contributed by atoms with Gasteiger partial charge in [-0.2, -0.15) is 5.21 Å². The molecule has 0 radical (unpaired) electrons. The van der Waals surface area contributed by atoms with Crippen LogP contribution in [0.1, 0.15) is 36.7 Å². The standard InChI is InChI=1S/C23H23FN8/c1-3-4-7-20-26-21-15(2)10-11-25-23(21)32(20)14-16-8-9-18(17(24)13-16)31-12-5-6-19(31)22-27-29-30-28-22/h5-6,8-13H,3-4,7,14H2,1-2H3,(H,27,28,29,30). The molecule has 0 unspecified atom stereocenters. The highest BCUT2D eigenvalue weighted by atomic mass is 19.1. The fraction of sp³-hybridized carbons (Fsp3) is 0.261. The van der Waals surface area contributed by atoms with E-state index >= 15 is 4.39 Å². The zero-order valence-electron chi connectivity index (χ0n) is 18.0. The Morgan fingerprint density at radius 1 is 1.16 bits per heavy atom. The normalized spacial score (nSPS) is 11.5. The van der Waals surface area contributed by atoms with Crippen molar-refractivity contribution in [3.63, 3.8) is 0 Å². The van der Waals surface area contributed by atoms with E-state index < -0.39 is 0 Å². The van der Waals surface area contributed by atoms with Gasteiger partial charge in [-0.1, -0.05) is 19.4 Å². The molecule has 1 N–H and O–H groups in total. The summed E-state index contributed by atoms with van der Waals surface area (Å²) in [5, 5.41) is 14.0. The average Bonchev–Trinajstić information content (AvgIpc) is 3.53. The highest BCUT2D eigenvalue weighted by molar-refractivity contribution is 5.75. The van der Waals surface area contributed by atoms with Crippen LogP contribution in [-0.4, -0.2) is 39.7 Å². The van der Waals surface area contributed by atoms with Crippen molar-refractivity contribution in [3.05, 3.63) is 71.6 Å². The Balaban J connectivity index is 1.51. The molecule has 32 heavy (non-hydrogen) atoms. The minimum absolute atomic E-state index is 0.327. The zero-order valence-corrected chi connectivity index (χ0v) is 18.0. The monoisotopic (exact) mass is 430 g/mol. The number of imidazole rings is 1. The Labute approximate surface area is 184 Å². The summed E-state index contributed by atoms with van der Waals surface area (Å²) in [6, 6.07) is 10.9. The van der Waals surface area contributed by atoms with E-state index in [0.29, 0.717) is 23.8 Å². The van der Waals surface area contributed by atoms with Gasteiger partial charge in [0.25, 0.3) is 0 Å². The number of nitrogens with one attached hydrogen (secondary N) is 1. The molecular weight excluding hydrogens is 407 g/mol. The van der Waals surface area contributed by atoms with Crippen LogP contribution in [0.2, 0.25) is 0 Å². The fourth-order valence-corrected chi connectivity index (χ4v) is 3.95. The van der Waals surface area contributed by atoms with E-state index in [1.807, 2.05) is 31.2 Å². The molecule has 1 aromatic carbocycles. The van der Waals surface area contributed by atoms with Crippen LogP contribution in [0, 0.1) is 12.7 Å². The molecular formula is C23H23FN8. The second-order valence-electron chi connectivity index (χ2n) is 7.80. The van der Waals surface area contributed by atoms with Gasteiger partial charge in [0.2, 0.25) is 5.82 Å². The van der Waals surface area contributed by atoms with Gasteiger partial charge in [-0.15, -0.1) is 10.2 Å². The molecule has 0 aliphatic carbocycles. The van der Waals surface area contributed by atoms with Gasteiger partial charge in [-0.3, -0.25) is 0 Å². The number of halogens is 1. The average molecular weight is 430 g/mol. The van der Waals surface area contributed by atoms with Gasteiger partial charge < -0.3 is 9.13 Å². The number of unbranched alkanes of at least 4 members (excludes halogenated alkanes) is 1. The Hall–Kier alpha value is -3.88. The summed E-state index contributed by atoms with van der Waals surface area (Å²) in [7, 11) is 0. The summed E-state index contributed by atoms with van der Waals surface area (Å²) < 4.78 is 19.0. The van der Waals surface area contributed by atoms with E-state index in [-0.39, 0.29) is 5.82 Å². The largest absolute Gasteiger partial charge is 0.311 e. The maximum absolute atomic E-state index is 15.2. The molecule has 0 atom stereocenters. The number of tetrazole rings is 1. The van der Waals surface area contributed by atoms with Crippen molar-refractivity contribution in [2.75, 3.05) is 0 Å². The minimum Gasteiger partial charge on any atom is -0.311 e. The van der Waals surface area contributed by atoms with E-state index in [1.165, 1.54) is 0 Å². The SMILES string of the molecule is CCCCc1nc2c(C)ccnc2n1Cc1ccc(-n2cccc2-c2nn[nH]n2)c(F)c1. The van der Waals surface area contributed by atoms with Crippen LogP contribution in [0.5, 0.6) is 0 Å². The molecule has 5 rings (SSSR count). The van der Waals surface area contributed by atoms with E-state index in [4.69, 9.17) is 4.98 Å². The van der Waals surface area contributed by atoms with Gasteiger partial charge in [0.05, 0.1) is 17.9 Å². The Morgan fingerprint density at radius 2 is 2.06 bits per heavy atom. The first-order valence-corrected chi connectivity index (χ1v) is 10.7. The molecule has 0 fully saturated rings. The van der Waals surface area contributed by atoms with Crippen molar-refractivity contribution >= 4 is 11.2 Å². The molecule has 4 aromatic heterocycles. The first-order chi connectivity index (χ1) is 15.7. The summed E-state index contributed by atoms with van der Waals surface area (Å²) >= 11 is 0. The summed E-state index contributed by atoms with van der Waals surface area (Å²) in [6.45, 7) is 4.71. The van der Waals surface area contributed by atoms with Crippen LogP contribution in [0.25, 0.3) is 28.4 Å². The van der Waals surface area contributed by atoms with Crippen LogP contribution >= 0.6 is 0 Å². The van der Waals surface area contributed by atoms with Gasteiger partial charge in [-0.05, 0) is 60.0 Å². The van der Waals surface area contributed by atoms with Gasteiger partial charge >= 0.3 is 0 Å². The molecule has 8 nitrogen and oxygen atoms in total. The van der Waals surface area contributed by atoms with E-state index in [1.54, 1.807) is 29.1 Å². The molecule has 0 spiro atoms. The summed E-state index contributed by atoms with van der Waals surface area (Å²) in [5.41, 5.74) is 4.77. The van der Waals surface area contributed by atoms with E-state index in [0.717, 1.165) is 47.4 Å². The van der Waals surface area contributed by atoms with Crippen LogP contribution < -0.4 is 0 Å². The van der Waals surface area contributed by atoms with Gasteiger partial charge in [0.1, 0.15) is 17.2 Å². The van der Waals surface area contributed by atoms with Crippen molar-refractivity contribution in [2.45, 2.75) is 39.7 Å². The first kappa shape index (κ1) is 20.0. The number of hydrogen-bond acceptors (Lipinski definition) is 5. The van der Waals surface area contributed by atoms with Crippen molar-refractivity contribution < 1.29 is 4.39 Å². The highest BCUT2D eigenvalue weighted by Crippen LogP contribution is 2.25. The lowest BCUT2D eigenvalue weighted by Crippen LogP contribution is -2.07. The van der Waals surface area contributed by atoms with Crippen molar-refractivity contribution in [1.82, 2.24) is 39.7 Å². The number of rotatable bonds is 7. The number of hydrogen-bond donors (Lipinski definition) is 1. The zero-order chi connectivity index (χ0) is 22.1. The molecule has 162 valence electrons. The lowest BCUT2D eigenvalue weighted by Gasteiger charge is -2.12. The highest BCUT2D eigenvalue weighted by Gasteiger charge is 2.16. The quantitative estimate of drug-likeness (QED) is 0.417. The number of benzene rings is 1. The molecule has 0 bridgehead atoms. The first-order valence-electron chi connectivity index (χ1n) is 10.7. The second-order valence-corrected chi connectivity index (χ2v) is 7.80. The molecule has 0 aliphatic heterocycles. The molecule has 0 saturated heterocycles. The maximum atomic E-state index is 15.2. The lowest BCUT2D eigenvalue weighted by molar-refractivity contribution is 0.613. The van der Waals surface area contributed by atoms with Crippen molar-refractivity contribution in [1.29, 1.82) is 0 Å². The predicted octanol–water partition coefficient (Wildman–Crippen LogP) is 4.24. The maximum Gasteiger partial charge on any atom is 0.221 e. The van der Waals surface area contributed by atoms with Crippen molar-refractivity contribution in [2.24, 2.45) is 0 Å². The lowest BCUT2D eigenvalue weighted by atomic mass is 10.1. The summed E-state index contributed by atoms with van der Waals surface area (Å²) in [6.07, 6.45) is 6.57. The molecule has 0 saturated carbocycles. The number of pyridine rings is 1. The number of fused-ring (bicyclic) bond motifs is 1. The number of nitrogens with zero attached hydrogens (tertiary/aromatic N) is 7. The Kier molecular flexibility index (Phi) is 5.22. The van der Waals surface area contributed by atoms with E-state index in [2.05, 4.69) is 37.1 Å². The van der Waals surface area contributed by atoms with Gasteiger partial charge in [0, 0.05) is 18.8 Å². The predicted molar refractivity (Wildman–Crippen MR) is 119 cm³/mol. The molecule has 0 amide bonds. The second kappa shape index (κ2) is 8.33. The Morgan fingerprint density at radius 3 is 2.84 bits per heavy atom. The third-order valence-corrected chi connectivity index (χ3v) is 5.60. The summed E-state index contributed by atoms with van der Waals surface area (Å²) in [5.74, 6) is 1.07. The summed E-state index contributed by atoms with van der Waals surface area (Å²) in [4.78, 5) is 9.41. The molecule has 5 aromatic rings. The number of H-pyrrole nitrogens is 1. The van der Waals surface area contributed by atoms with Gasteiger partial charge in [-0.25, -0.2) is 14.4 Å². The van der Waals surface area contributed by atoms with Gasteiger partial charge in [0.15, 0.2) is 5.65 Å². The third-order valence-electron chi connectivity index (χ3n) is 5.60. The smallest absolute Gasteiger partial charge is 0.221 e. The number of aromatic nitrogens is 8. The fourth-order valence-electron chi connectivity index (χ4n) is 3.95. The number of aromatic amines is 1. The van der Waals surface area contributed by atoms with Crippen LogP contribution in [0.15, 0.2) is 48.8 Å².